The molecule has 1 heterocycles. The lowest BCUT2D eigenvalue weighted by Crippen LogP contribution is -2.11. The molecule has 0 aliphatic carbocycles. The van der Waals surface area contributed by atoms with E-state index in [1.807, 2.05) is 6.07 Å². The first-order valence-corrected chi connectivity index (χ1v) is 21.1. The number of benzene rings is 10. The van der Waals surface area contributed by atoms with Crippen molar-refractivity contribution in [2.24, 2.45) is 0 Å². The van der Waals surface area contributed by atoms with Gasteiger partial charge in [-0.05, 0) is 115 Å². The summed E-state index contributed by atoms with van der Waals surface area (Å²) in [6, 6.07) is 76.5. The number of thiol groups is 1. The number of hydrogen-bond acceptors (Lipinski definition) is 4. The zero-order chi connectivity index (χ0) is 39.3. The predicted octanol–water partition coefficient (Wildman–Crippen LogP) is 16.2. The third-order valence-corrected chi connectivity index (χ3v) is 12.8. The van der Waals surface area contributed by atoms with E-state index in [4.69, 9.17) is 17.6 Å². The van der Waals surface area contributed by atoms with Gasteiger partial charge in [0.15, 0.2) is 0 Å². The molecule has 0 radical (unpaired) electrons. The van der Waals surface area contributed by atoms with Gasteiger partial charge in [-0.25, -0.2) is 4.98 Å². The fraction of sp³-hybridized carbons (Fsp3) is 0. The molecule has 2 nitrogen and oxygen atoms in total. The van der Waals surface area contributed by atoms with Gasteiger partial charge < -0.3 is 4.90 Å². The monoisotopic (exact) mass is 788 g/mol. The van der Waals surface area contributed by atoms with Crippen LogP contribution in [0.4, 0.5) is 17.1 Å². The quantitative estimate of drug-likeness (QED) is 0.128. The van der Waals surface area contributed by atoms with Crippen LogP contribution in [-0.2, 0) is 0 Å². The van der Waals surface area contributed by atoms with Crippen LogP contribution in [0.25, 0.3) is 86.5 Å². The molecule has 0 fully saturated rings. The summed E-state index contributed by atoms with van der Waals surface area (Å²) < 4.78 is 1.13. The van der Waals surface area contributed by atoms with Crippen LogP contribution in [0.5, 0.6) is 0 Å². The summed E-state index contributed by atoms with van der Waals surface area (Å²) >= 11 is 6.84. The van der Waals surface area contributed by atoms with Crippen LogP contribution >= 0.6 is 24.0 Å². The summed E-state index contributed by atoms with van der Waals surface area (Å²) in [5.74, 6) is 0. The number of para-hydroxylation sites is 1. The molecule has 0 spiro atoms. The van der Waals surface area contributed by atoms with E-state index in [0.29, 0.717) is 0 Å². The maximum Gasteiger partial charge on any atom is 0.124 e. The molecule has 0 N–H and O–H groups in total. The fourth-order valence-corrected chi connectivity index (χ4v) is 9.78. The SMILES string of the molecule is Sc1cc2nc(-c3ccccc3)sc2cc1-c1ccccc1N(c1ccc(-c2ccc3ccccc3c2)cc1)c1cccc(-c2cc3ccccc3c3ccccc23)c1. The first-order valence-electron chi connectivity index (χ1n) is 19.8. The summed E-state index contributed by atoms with van der Waals surface area (Å²) in [6.07, 6.45) is 0. The van der Waals surface area contributed by atoms with Gasteiger partial charge in [0, 0.05) is 27.4 Å². The van der Waals surface area contributed by atoms with Gasteiger partial charge in [-0.2, -0.15) is 0 Å². The molecular weight excluding hydrogens is 753 g/mol. The van der Waals surface area contributed by atoms with Crippen LogP contribution in [0.3, 0.4) is 0 Å². The molecular formula is C55H36N2S2. The second-order valence-electron chi connectivity index (χ2n) is 14.9. The van der Waals surface area contributed by atoms with Crippen LogP contribution in [-0.4, -0.2) is 4.98 Å². The third-order valence-electron chi connectivity index (χ3n) is 11.4. The van der Waals surface area contributed by atoms with E-state index in [0.717, 1.165) is 59.4 Å². The van der Waals surface area contributed by atoms with Crippen molar-refractivity contribution in [3.8, 4) is 44.0 Å². The fourth-order valence-electron chi connectivity index (χ4n) is 8.48. The second kappa shape index (κ2) is 14.8. The first kappa shape index (κ1) is 35.2. The molecule has 59 heavy (non-hydrogen) atoms. The minimum Gasteiger partial charge on any atom is -0.310 e. The molecule has 0 unspecified atom stereocenters. The normalized spacial score (nSPS) is 11.5. The smallest absolute Gasteiger partial charge is 0.124 e. The molecule has 0 amide bonds. The Morgan fingerprint density at radius 1 is 0.390 bits per heavy atom. The molecule has 4 heteroatoms. The van der Waals surface area contributed by atoms with E-state index >= 15 is 0 Å². The molecule has 0 atom stereocenters. The molecule has 0 aliphatic heterocycles. The van der Waals surface area contributed by atoms with Gasteiger partial charge in [0.05, 0.1) is 15.9 Å². The van der Waals surface area contributed by atoms with Gasteiger partial charge >= 0.3 is 0 Å². The Kier molecular flexibility index (Phi) is 8.80. The summed E-state index contributed by atoms with van der Waals surface area (Å²) in [5, 5.41) is 8.47. The van der Waals surface area contributed by atoms with Crippen molar-refractivity contribution in [3.05, 3.63) is 212 Å². The van der Waals surface area contributed by atoms with Crippen molar-refractivity contribution in [2.45, 2.75) is 4.90 Å². The Labute approximate surface area is 352 Å². The van der Waals surface area contributed by atoms with Crippen LogP contribution in [0.2, 0.25) is 0 Å². The van der Waals surface area contributed by atoms with E-state index in [1.165, 1.54) is 49.0 Å². The molecule has 1 aromatic heterocycles. The molecule has 0 bridgehead atoms. The number of fused-ring (bicyclic) bond motifs is 5. The number of aromatic nitrogens is 1. The van der Waals surface area contributed by atoms with Crippen molar-refractivity contribution in [3.63, 3.8) is 0 Å². The van der Waals surface area contributed by atoms with Gasteiger partial charge in [-0.3, -0.25) is 0 Å². The summed E-state index contributed by atoms with van der Waals surface area (Å²) in [7, 11) is 0. The lowest BCUT2D eigenvalue weighted by Gasteiger charge is -2.29. The maximum atomic E-state index is 5.13. The Balaban J connectivity index is 1.08. The molecule has 0 saturated heterocycles. The van der Waals surface area contributed by atoms with Gasteiger partial charge in [0.25, 0.3) is 0 Å². The van der Waals surface area contributed by atoms with Crippen LogP contribution in [0, 0.1) is 0 Å². The lowest BCUT2D eigenvalue weighted by molar-refractivity contribution is 1.28. The summed E-state index contributed by atoms with van der Waals surface area (Å²) in [6.45, 7) is 0. The standard InChI is InChI=1S/C55H36N2S2/c58-53-35-51-54(59-55(56-51)38-14-2-1-3-15-38)34-50(53)48-23-10-11-24-52(48)57(43-29-27-37(28-30-43)40-26-25-36-13-4-5-16-39(36)31-40)44-19-12-18-41(32-44)49-33-42-17-6-7-20-45(42)46-21-8-9-22-47(46)49/h1-35,58H. The Bertz CT molecular complexity index is 3350. The van der Waals surface area contributed by atoms with Crippen molar-refractivity contribution in [2.75, 3.05) is 4.90 Å². The Morgan fingerprint density at radius 3 is 1.92 bits per heavy atom. The predicted molar refractivity (Wildman–Crippen MR) is 256 cm³/mol. The number of rotatable bonds is 7. The van der Waals surface area contributed by atoms with Gasteiger partial charge in [0.2, 0.25) is 0 Å². The van der Waals surface area contributed by atoms with E-state index in [2.05, 4.69) is 211 Å². The zero-order valence-corrected chi connectivity index (χ0v) is 33.7. The average Bonchev–Trinajstić information content (AvgIpc) is 3.72. The highest BCUT2D eigenvalue weighted by atomic mass is 32.1. The van der Waals surface area contributed by atoms with E-state index < -0.39 is 0 Å². The van der Waals surface area contributed by atoms with E-state index in [9.17, 15) is 0 Å². The highest BCUT2D eigenvalue weighted by Gasteiger charge is 2.21. The van der Waals surface area contributed by atoms with Crippen molar-refractivity contribution >= 4 is 83.6 Å². The van der Waals surface area contributed by atoms with Crippen molar-refractivity contribution in [1.29, 1.82) is 0 Å². The molecule has 11 aromatic rings. The molecule has 0 saturated carbocycles. The first-order chi connectivity index (χ1) is 29.1. The highest BCUT2D eigenvalue weighted by Crippen LogP contribution is 2.46. The number of nitrogens with zero attached hydrogens (tertiary/aromatic N) is 2. The summed E-state index contributed by atoms with van der Waals surface area (Å²) in [5.41, 5.74) is 12.2. The summed E-state index contributed by atoms with van der Waals surface area (Å²) in [4.78, 5) is 8.30. The topological polar surface area (TPSA) is 16.1 Å². The van der Waals surface area contributed by atoms with Gasteiger partial charge in [0.1, 0.15) is 5.01 Å². The van der Waals surface area contributed by atoms with Crippen LogP contribution < -0.4 is 4.90 Å². The maximum absolute atomic E-state index is 5.13. The van der Waals surface area contributed by atoms with E-state index in [1.54, 1.807) is 11.3 Å². The minimum atomic E-state index is 0.887. The molecule has 11 rings (SSSR count). The lowest BCUT2D eigenvalue weighted by atomic mass is 9.93. The number of thiazole rings is 1. The number of anilines is 3. The highest BCUT2D eigenvalue weighted by molar-refractivity contribution is 7.80. The minimum absolute atomic E-state index is 0.887. The largest absolute Gasteiger partial charge is 0.310 e. The van der Waals surface area contributed by atoms with Crippen LogP contribution in [0.1, 0.15) is 0 Å². The van der Waals surface area contributed by atoms with Gasteiger partial charge in [-0.15, -0.1) is 24.0 Å². The average molecular weight is 789 g/mol. The third kappa shape index (κ3) is 6.44. The molecule has 278 valence electrons. The second-order valence-corrected chi connectivity index (χ2v) is 16.4. The molecule has 0 aliphatic rings. The Hall–Kier alpha value is -6.98. The number of hydrogen-bond donors (Lipinski definition) is 1. The van der Waals surface area contributed by atoms with Crippen molar-refractivity contribution < 1.29 is 0 Å². The Morgan fingerprint density at radius 2 is 1.07 bits per heavy atom. The van der Waals surface area contributed by atoms with Crippen LogP contribution in [0.15, 0.2) is 217 Å². The zero-order valence-electron chi connectivity index (χ0n) is 32.0. The molecule has 10 aromatic carbocycles. The van der Waals surface area contributed by atoms with Crippen molar-refractivity contribution in [1.82, 2.24) is 4.98 Å². The van der Waals surface area contributed by atoms with E-state index in [-0.39, 0.29) is 0 Å². The van der Waals surface area contributed by atoms with Gasteiger partial charge in [-0.1, -0.05) is 158 Å².